The van der Waals surface area contributed by atoms with Gasteiger partial charge in [-0.25, -0.2) is 0 Å². The predicted molar refractivity (Wildman–Crippen MR) is 41.5 cm³/mol. The van der Waals surface area contributed by atoms with Crippen molar-refractivity contribution in [3.63, 3.8) is 0 Å². The van der Waals surface area contributed by atoms with Crippen molar-refractivity contribution in [3.05, 3.63) is 41.9 Å². The zero-order valence-electron chi connectivity index (χ0n) is 5.73. The lowest BCUT2D eigenvalue weighted by Gasteiger charge is -1.87. The molecule has 0 aliphatic carbocycles. The summed E-state index contributed by atoms with van der Waals surface area (Å²) in [6.45, 7) is 6.81. The molecule has 0 aliphatic rings. The zero-order chi connectivity index (χ0) is 7.68. The normalized spacial score (nSPS) is 9.73. The molecular weight excluding hydrogens is 138 g/mol. The van der Waals surface area contributed by atoms with Gasteiger partial charge in [0.05, 0.1) is 6.20 Å². The first-order valence-corrected chi connectivity index (χ1v) is 3.22. The maximum atomic E-state index is 6.81. The SMILES string of the molecule is [C-]#[N+]c1ccc2cccnn12. The van der Waals surface area contributed by atoms with Crippen LogP contribution in [-0.4, -0.2) is 9.61 Å². The zero-order valence-corrected chi connectivity index (χ0v) is 5.73. The summed E-state index contributed by atoms with van der Waals surface area (Å²) in [5, 5.41) is 4.01. The van der Waals surface area contributed by atoms with Crippen LogP contribution in [0.25, 0.3) is 10.4 Å². The smallest absolute Gasteiger partial charge is 0.255 e. The molecule has 0 unspecified atom stereocenters. The van der Waals surface area contributed by atoms with E-state index in [2.05, 4.69) is 9.94 Å². The van der Waals surface area contributed by atoms with Crippen LogP contribution in [-0.2, 0) is 0 Å². The van der Waals surface area contributed by atoms with Crippen molar-refractivity contribution in [2.45, 2.75) is 0 Å². The minimum atomic E-state index is 0.556. The van der Waals surface area contributed by atoms with Crippen molar-refractivity contribution >= 4 is 11.3 Å². The van der Waals surface area contributed by atoms with Gasteiger partial charge < -0.3 is 4.85 Å². The van der Waals surface area contributed by atoms with Crippen molar-refractivity contribution in [2.75, 3.05) is 0 Å². The van der Waals surface area contributed by atoms with Crippen molar-refractivity contribution in [1.82, 2.24) is 9.61 Å². The van der Waals surface area contributed by atoms with E-state index in [1.54, 1.807) is 16.8 Å². The number of hydrogen-bond donors (Lipinski definition) is 0. The third kappa shape index (κ3) is 0.767. The van der Waals surface area contributed by atoms with Crippen LogP contribution in [0.15, 0.2) is 30.5 Å². The fourth-order valence-electron chi connectivity index (χ4n) is 1.02. The lowest BCUT2D eigenvalue weighted by atomic mass is 10.5. The molecule has 0 spiro atoms. The Balaban J connectivity index is 2.89. The van der Waals surface area contributed by atoms with E-state index >= 15 is 0 Å². The number of nitrogens with zero attached hydrogens (tertiary/aromatic N) is 3. The summed E-state index contributed by atoms with van der Waals surface area (Å²) in [5.74, 6) is 0.556. The summed E-state index contributed by atoms with van der Waals surface area (Å²) in [4.78, 5) is 3.31. The Hall–Kier alpha value is -1.82. The van der Waals surface area contributed by atoms with Crippen molar-refractivity contribution in [1.29, 1.82) is 0 Å². The molecule has 2 rings (SSSR count). The Kier molecular flexibility index (Phi) is 1.13. The molecule has 0 radical (unpaired) electrons. The van der Waals surface area contributed by atoms with Crippen LogP contribution < -0.4 is 0 Å². The lowest BCUT2D eigenvalue weighted by molar-refractivity contribution is 0.957. The summed E-state index contributed by atoms with van der Waals surface area (Å²) in [7, 11) is 0. The fourth-order valence-corrected chi connectivity index (χ4v) is 1.02. The van der Waals surface area contributed by atoms with Crippen LogP contribution >= 0.6 is 0 Å². The molecular formula is C8H5N3. The van der Waals surface area contributed by atoms with E-state index in [0.29, 0.717) is 5.82 Å². The second-order valence-corrected chi connectivity index (χ2v) is 2.16. The first kappa shape index (κ1) is 5.93. The highest BCUT2D eigenvalue weighted by molar-refractivity contribution is 5.56. The van der Waals surface area contributed by atoms with Gasteiger partial charge >= 0.3 is 0 Å². The maximum absolute atomic E-state index is 6.81. The number of hydrogen-bond acceptors (Lipinski definition) is 1. The first-order valence-electron chi connectivity index (χ1n) is 3.22. The molecule has 3 heteroatoms. The average Bonchev–Trinajstić information content (AvgIpc) is 2.47. The molecule has 0 bridgehead atoms. The van der Waals surface area contributed by atoms with Crippen LogP contribution in [0.1, 0.15) is 0 Å². The van der Waals surface area contributed by atoms with E-state index in [1.165, 1.54) is 0 Å². The average molecular weight is 143 g/mol. The number of rotatable bonds is 0. The third-order valence-electron chi connectivity index (χ3n) is 1.51. The van der Waals surface area contributed by atoms with E-state index in [0.717, 1.165) is 5.52 Å². The molecule has 0 aliphatic heterocycles. The van der Waals surface area contributed by atoms with Gasteiger partial charge in [0.1, 0.15) is 5.52 Å². The summed E-state index contributed by atoms with van der Waals surface area (Å²) in [6.07, 6.45) is 1.67. The first-order chi connectivity index (χ1) is 5.42. The molecule has 0 saturated carbocycles. The number of aromatic nitrogens is 2. The standard InChI is InChI=1S/C8H5N3/c1-9-8-5-4-7-3-2-6-10-11(7)8/h2-6H. The predicted octanol–water partition coefficient (Wildman–Crippen LogP) is 1.89. The Morgan fingerprint density at radius 1 is 1.36 bits per heavy atom. The van der Waals surface area contributed by atoms with Crippen molar-refractivity contribution in [3.8, 4) is 0 Å². The Morgan fingerprint density at radius 2 is 2.27 bits per heavy atom. The highest BCUT2D eigenvalue weighted by atomic mass is 15.2. The van der Waals surface area contributed by atoms with Crippen molar-refractivity contribution < 1.29 is 0 Å². The van der Waals surface area contributed by atoms with Crippen molar-refractivity contribution in [2.24, 2.45) is 0 Å². The summed E-state index contributed by atoms with van der Waals surface area (Å²) in [6, 6.07) is 7.40. The number of fused-ring (bicyclic) bond motifs is 1. The van der Waals surface area contributed by atoms with E-state index in [4.69, 9.17) is 6.57 Å². The van der Waals surface area contributed by atoms with Gasteiger partial charge in [-0.15, -0.1) is 5.10 Å². The van der Waals surface area contributed by atoms with Gasteiger partial charge in [-0.05, 0) is 24.3 Å². The molecule has 0 amide bonds. The fraction of sp³-hybridized carbons (Fsp3) is 0. The van der Waals surface area contributed by atoms with Gasteiger partial charge in [-0.1, -0.05) is 6.57 Å². The summed E-state index contributed by atoms with van der Waals surface area (Å²) in [5.41, 5.74) is 0.957. The van der Waals surface area contributed by atoms with Crippen LogP contribution in [0.4, 0.5) is 5.82 Å². The minimum Gasteiger partial charge on any atom is -0.362 e. The van der Waals surface area contributed by atoms with Crippen LogP contribution in [0, 0.1) is 6.57 Å². The molecule has 3 nitrogen and oxygen atoms in total. The molecule has 52 valence electrons. The molecule has 0 aromatic carbocycles. The Morgan fingerprint density at radius 3 is 3.09 bits per heavy atom. The second kappa shape index (κ2) is 2.10. The van der Waals surface area contributed by atoms with Crippen LogP contribution in [0.2, 0.25) is 0 Å². The van der Waals surface area contributed by atoms with Gasteiger partial charge in [0.15, 0.2) is 0 Å². The molecule has 0 atom stereocenters. The summed E-state index contributed by atoms with van der Waals surface area (Å²) < 4.78 is 1.62. The van der Waals surface area contributed by atoms with Gasteiger partial charge in [0.25, 0.3) is 5.82 Å². The topological polar surface area (TPSA) is 21.7 Å². The Bertz CT molecular complexity index is 422. The molecule has 0 N–H and O–H groups in total. The lowest BCUT2D eigenvalue weighted by Crippen LogP contribution is -1.85. The quantitative estimate of drug-likeness (QED) is 0.516. The van der Waals surface area contributed by atoms with E-state index in [-0.39, 0.29) is 0 Å². The van der Waals surface area contributed by atoms with E-state index < -0.39 is 0 Å². The third-order valence-corrected chi connectivity index (χ3v) is 1.51. The van der Waals surface area contributed by atoms with Crippen LogP contribution in [0.3, 0.4) is 0 Å². The van der Waals surface area contributed by atoms with Crippen LogP contribution in [0.5, 0.6) is 0 Å². The van der Waals surface area contributed by atoms with E-state index in [9.17, 15) is 0 Å². The molecule has 2 heterocycles. The maximum Gasteiger partial charge on any atom is 0.255 e. The molecule has 11 heavy (non-hydrogen) atoms. The van der Waals surface area contributed by atoms with Gasteiger partial charge in [-0.3, -0.25) is 0 Å². The molecule has 0 fully saturated rings. The second-order valence-electron chi connectivity index (χ2n) is 2.16. The molecule has 2 aromatic rings. The highest BCUT2D eigenvalue weighted by Crippen LogP contribution is 2.14. The molecule has 2 aromatic heterocycles. The monoisotopic (exact) mass is 143 g/mol. The highest BCUT2D eigenvalue weighted by Gasteiger charge is 2.00. The largest absolute Gasteiger partial charge is 0.362 e. The summed E-state index contributed by atoms with van der Waals surface area (Å²) >= 11 is 0. The Labute approximate surface area is 63.7 Å². The minimum absolute atomic E-state index is 0.556. The van der Waals surface area contributed by atoms with Gasteiger partial charge in [0.2, 0.25) is 0 Å². The van der Waals surface area contributed by atoms with E-state index in [1.807, 2.05) is 18.2 Å². The van der Waals surface area contributed by atoms with Gasteiger partial charge in [0, 0.05) is 0 Å². The molecule has 0 saturated heterocycles. The van der Waals surface area contributed by atoms with Gasteiger partial charge in [-0.2, -0.15) is 4.52 Å².